The van der Waals surface area contributed by atoms with E-state index < -0.39 is 10.8 Å². The molecule has 0 aliphatic carbocycles. The number of ether oxygens (including phenoxy) is 1. The predicted octanol–water partition coefficient (Wildman–Crippen LogP) is 3.14. The molecule has 21 heavy (non-hydrogen) atoms. The zero-order chi connectivity index (χ0) is 15.6. The van der Waals surface area contributed by atoms with Crippen LogP contribution in [0, 0.1) is 13.7 Å². The minimum Gasteiger partial charge on any atom is -0.436 e. The largest absolute Gasteiger partial charge is 0.436 e. The van der Waals surface area contributed by atoms with Gasteiger partial charge >= 0.3 is 0 Å². The molecule has 2 aromatic rings. The van der Waals surface area contributed by atoms with Crippen LogP contribution in [-0.4, -0.2) is 15.8 Å². The highest BCUT2D eigenvalue weighted by Gasteiger charge is 2.14. The summed E-state index contributed by atoms with van der Waals surface area (Å²) in [5.41, 5.74) is 5.13. The van der Waals surface area contributed by atoms with Crippen molar-refractivity contribution >= 4 is 45.8 Å². The number of carbonyl (C=O) groups is 1. The van der Waals surface area contributed by atoms with Gasteiger partial charge in [-0.1, -0.05) is 11.6 Å². The second-order valence-corrected chi connectivity index (χ2v) is 5.42. The van der Waals surface area contributed by atoms with Crippen LogP contribution in [0.3, 0.4) is 0 Å². The number of nitro benzene ring substituents is 1. The summed E-state index contributed by atoms with van der Waals surface area (Å²) in [5.74, 6) is -0.396. The van der Waals surface area contributed by atoms with E-state index in [2.05, 4.69) is 4.98 Å². The number of amides is 1. The van der Waals surface area contributed by atoms with Crippen molar-refractivity contribution in [1.29, 1.82) is 0 Å². The maximum atomic E-state index is 11.0. The number of benzene rings is 1. The maximum absolute atomic E-state index is 11.0. The molecule has 108 valence electrons. The lowest BCUT2D eigenvalue weighted by Crippen LogP contribution is -2.11. The molecule has 1 heterocycles. The van der Waals surface area contributed by atoms with Gasteiger partial charge in [-0.3, -0.25) is 14.9 Å². The highest BCUT2D eigenvalue weighted by Crippen LogP contribution is 2.32. The van der Waals surface area contributed by atoms with Gasteiger partial charge in [-0.15, -0.1) is 0 Å². The summed E-state index contributed by atoms with van der Waals surface area (Å²) in [5, 5.41) is 10.8. The van der Waals surface area contributed by atoms with Crippen LogP contribution in [0.4, 0.5) is 5.69 Å². The fourth-order valence-corrected chi connectivity index (χ4v) is 2.07. The number of hydrogen-bond acceptors (Lipinski definition) is 5. The summed E-state index contributed by atoms with van der Waals surface area (Å²) in [7, 11) is 0. The van der Waals surface area contributed by atoms with Gasteiger partial charge in [-0.05, 0) is 34.7 Å². The van der Waals surface area contributed by atoms with E-state index in [1.54, 1.807) is 6.07 Å². The first-order valence-electron chi connectivity index (χ1n) is 5.45. The highest BCUT2D eigenvalue weighted by atomic mass is 127. The molecule has 0 aliphatic heterocycles. The average Bonchev–Trinajstić information content (AvgIpc) is 2.42. The molecule has 0 aliphatic rings. The van der Waals surface area contributed by atoms with E-state index in [1.807, 2.05) is 22.6 Å². The average molecular weight is 420 g/mol. The molecule has 0 saturated heterocycles. The van der Waals surface area contributed by atoms with Crippen molar-refractivity contribution in [3.63, 3.8) is 0 Å². The topological polar surface area (TPSA) is 108 Å². The van der Waals surface area contributed by atoms with E-state index >= 15 is 0 Å². The lowest BCUT2D eigenvalue weighted by molar-refractivity contribution is -0.384. The molecular weight excluding hydrogens is 413 g/mol. The maximum Gasteiger partial charge on any atom is 0.273 e. The van der Waals surface area contributed by atoms with E-state index in [-0.39, 0.29) is 27.9 Å². The smallest absolute Gasteiger partial charge is 0.273 e. The molecule has 0 bridgehead atoms. The molecule has 0 atom stereocenters. The second-order valence-electron chi connectivity index (χ2n) is 3.85. The number of nitrogens with two attached hydrogens (primary N) is 1. The Balaban J connectivity index is 2.36. The molecule has 7 nitrogen and oxygen atoms in total. The molecule has 1 aromatic carbocycles. The van der Waals surface area contributed by atoms with Gasteiger partial charge in [0.05, 0.1) is 20.1 Å². The van der Waals surface area contributed by atoms with Crippen LogP contribution in [0.5, 0.6) is 11.6 Å². The molecule has 0 unspecified atom stereocenters. The van der Waals surface area contributed by atoms with Gasteiger partial charge in [0.25, 0.3) is 5.69 Å². The quantitative estimate of drug-likeness (QED) is 0.465. The first-order chi connectivity index (χ1) is 9.88. The highest BCUT2D eigenvalue weighted by molar-refractivity contribution is 14.1. The number of nitrogens with zero attached hydrogens (tertiary/aromatic N) is 2. The van der Waals surface area contributed by atoms with Crippen LogP contribution in [0.15, 0.2) is 30.5 Å². The number of pyridine rings is 1. The fraction of sp³-hybridized carbons (Fsp3) is 0. The Labute approximate surface area is 137 Å². The number of hydrogen-bond donors (Lipinski definition) is 1. The van der Waals surface area contributed by atoms with Crippen LogP contribution < -0.4 is 10.5 Å². The molecule has 1 aromatic heterocycles. The van der Waals surface area contributed by atoms with Gasteiger partial charge < -0.3 is 10.5 Å². The van der Waals surface area contributed by atoms with Crippen LogP contribution in [0.1, 0.15) is 10.4 Å². The minimum atomic E-state index is -0.666. The predicted molar refractivity (Wildman–Crippen MR) is 83.7 cm³/mol. The van der Waals surface area contributed by atoms with Crippen molar-refractivity contribution in [3.8, 4) is 11.6 Å². The summed E-state index contributed by atoms with van der Waals surface area (Å²) in [6.07, 6.45) is 1.22. The molecule has 0 fully saturated rings. The first-order valence-corrected chi connectivity index (χ1v) is 6.91. The van der Waals surface area contributed by atoms with Crippen molar-refractivity contribution < 1.29 is 14.5 Å². The van der Waals surface area contributed by atoms with E-state index in [0.29, 0.717) is 3.57 Å². The SMILES string of the molecule is NC(=O)c1cnc(Oc2cc([N+](=O)[O-])ccc2I)c(Cl)c1. The van der Waals surface area contributed by atoms with E-state index in [1.165, 1.54) is 24.4 Å². The number of primary amides is 1. The molecule has 0 saturated carbocycles. The Morgan fingerprint density at radius 3 is 2.71 bits per heavy atom. The zero-order valence-corrected chi connectivity index (χ0v) is 13.2. The Kier molecular flexibility index (Phi) is 4.58. The number of aromatic nitrogens is 1. The summed E-state index contributed by atoms with van der Waals surface area (Å²) < 4.78 is 6.11. The van der Waals surface area contributed by atoms with Crippen molar-refractivity contribution in [1.82, 2.24) is 4.98 Å². The number of non-ortho nitro benzene ring substituents is 1. The molecule has 0 spiro atoms. The molecule has 1 amide bonds. The molecular formula is C12H7ClIN3O4. The minimum absolute atomic E-state index is 0.0279. The normalized spacial score (nSPS) is 10.2. The number of halogens is 2. The van der Waals surface area contributed by atoms with Crippen molar-refractivity contribution in [2.75, 3.05) is 0 Å². The third kappa shape index (κ3) is 3.58. The Hall–Kier alpha value is -1.94. The third-order valence-electron chi connectivity index (χ3n) is 2.42. The second kappa shape index (κ2) is 6.22. The number of nitro groups is 1. The monoisotopic (exact) mass is 419 g/mol. The summed E-state index contributed by atoms with van der Waals surface area (Å²) in [6, 6.07) is 5.48. The van der Waals surface area contributed by atoms with Gasteiger partial charge in [0.2, 0.25) is 11.8 Å². The third-order valence-corrected chi connectivity index (χ3v) is 3.59. The van der Waals surface area contributed by atoms with Gasteiger partial charge in [0, 0.05) is 12.3 Å². The van der Waals surface area contributed by atoms with Gasteiger partial charge in [-0.2, -0.15) is 0 Å². The molecule has 2 rings (SSSR count). The van der Waals surface area contributed by atoms with Crippen molar-refractivity contribution in [3.05, 3.63) is 54.7 Å². The Morgan fingerprint density at radius 1 is 1.43 bits per heavy atom. The number of carbonyl (C=O) groups excluding carboxylic acids is 1. The summed E-state index contributed by atoms with van der Waals surface area (Å²) in [4.78, 5) is 25.1. The summed E-state index contributed by atoms with van der Waals surface area (Å²) >= 11 is 7.91. The van der Waals surface area contributed by atoms with Crippen LogP contribution in [-0.2, 0) is 0 Å². The number of rotatable bonds is 4. The van der Waals surface area contributed by atoms with Crippen LogP contribution in [0.2, 0.25) is 5.02 Å². The molecule has 9 heteroatoms. The standard InChI is InChI=1S/C12H7ClIN3O4/c13-8-3-6(11(15)18)5-16-12(8)21-10-4-7(17(19)20)1-2-9(10)14/h1-5H,(H2,15,18). The van der Waals surface area contributed by atoms with Gasteiger partial charge in [0.15, 0.2) is 0 Å². The molecule has 2 N–H and O–H groups in total. The van der Waals surface area contributed by atoms with Gasteiger partial charge in [-0.25, -0.2) is 4.98 Å². The zero-order valence-electron chi connectivity index (χ0n) is 10.2. The Morgan fingerprint density at radius 2 is 2.14 bits per heavy atom. The van der Waals surface area contributed by atoms with E-state index in [9.17, 15) is 14.9 Å². The van der Waals surface area contributed by atoms with Crippen molar-refractivity contribution in [2.45, 2.75) is 0 Å². The van der Waals surface area contributed by atoms with Crippen LogP contribution in [0.25, 0.3) is 0 Å². The lowest BCUT2D eigenvalue weighted by Gasteiger charge is -2.08. The van der Waals surface area contributed by atoms with Crippen molar-refractivity contribution in [2.24, 2.45) is 5.73 Å². The summed E-state index contributed by atoms with van der Waals surface area (Å²) in [6.45, 7) is 0. The van der Waals surface area contributed by atoms with E-state index in [0.717, 1.165) is 0 Å². The lowest BCUT2D eigenvalue weighted by atomic mass is 10.3. The van der Waals surface area contributed by atoms with E-state index in [4.69, 9.17) is 22.1 Å². The molecule has 0 radical (unpaired) electrons. The first kappa shape index (κ1) is 15.4. The Bertz CT molecular complexity index is 738. The fourth-order valence-electron chi connectivity index (χ4n) is 1.42. The van der Waals surface area contributed by atoms with Gasteiger partial charge in [0.1, 0.15) is 10.8 Å². The van der Waals surface area contributed by atoms with Crippen LogP contribution >= 0.6 is 34.2 Å².